The molecule has 0 radical (unpaired) electrons. The van der Waals surface area contributed by atoms with E-state index in [4.69, 9.17) is 11.6 Å². The van der Waals surface area contributed by atoms with Crippen LogP contribution in [-0.2, 0) is 0 Å². The third-order valence-electron chi connectivity index (χ3n) is 1.84. The van der Waals surface area contributed by atoms with E-state index < -0.39 is 0 Å². The fourth-order valence-corrected chi connectivity index (χ4v) is 2.13. The Morgan fingerprint density at radius 1 is 1.38 bits per heavy atom. The lowest BCUT2D eigenvalue weighted by molar-refractivity contribution is 1.45. The second-order valence-electron chi connectivity index (χ2n) is 2.85. The number of nitrogens with zero attached hydrogens (tertiary/aromatic N) is 1. The van der Waals surface area contributed by atoms with Crippen LogP contribution in [0.25, 0.3) is 10.4 Å². The maximum atomic E-state index is 5.90. The van der Waals surface area contributed by atoms with Gasteiger partial charge >= 0.3 is 0 Å². The van der Waals surface area contributed by atoms with Crippen molar-refractivity contribution in [1.82, 2.24) is 4.37 Å². The number of aryl methyl sites for hydroxylation is 1. The molecule has 0 unspecified atom stereocenters. The van der Waals surface area contributed by atoms with Crippen molar-refractivity contribution < 1.29 is 0 Å². The molecule has 0 fully saturated rings. The van der Waals surface area contributed by atoms with Crippen molar-refractivity contribution in [1.29, 1.82) is 0 Å². The summed E-state index contributed by atoms with van der Waals surface area (Å²) in [5, 5.41) is 0.769. The van der Waals surface area contributed by atoms with Gasteiger partial charge in [0, 0.05) is 11.2 Å². The minimum absolute atomic E-state index is 0.769. The number of hydrogen-bond acceptors (Lipinski definition) is 2. The first-order valence-electron chi connectivity index (χ1n) is 3.94. The summed E-state index contributed by atoms with van der Waals surface area (Å²) in [5.74, 6) is 0. The molecule has 0 aliphatic rings. The molecule has 66 valence electrons. The van der Waals surface area contributed by atoms with E-state index in [-0.39, 0.29) is 0 Å². The van der Waals surface area contributed by atoms with Crippen LogP contribution < -0.4 is 0 Å². The number of hydrogen-bond donors (Lipinski definition) is 0. The smallest absolute Gasteiger partial charge is 0.0579 e. The highest BCUT2D eigenvalue weighted by Crippen LogP contribution is 2.28. The minimum atomic E-state index is 0.769. The molecule has 0 aliphatic carbocycles. The molecule has 1 aromatic heterocycles. The first-order chi connectivity index (χ1) is 6.27. The molecule has 0 saturated carbocycles. The molecule has 1 heterocycles. The van der Waals surface area contributed by atoms with Crippen LogP contribution in [-0.4, -0.2) is 4.37 Å². The van der Waals surface area contributed by atoms with Crippen molar-refractivity contribution in [3.63, 3.8) is 0 Å². The van der Waals surface area contributed by atoms with Gasteiger partial charge in [0.15, 0.2) is 0 Å². The van der Waals surface area contributed by atoms with Crippen LogP contribution >= 0.6 is 23.1 Å². The molecule has 1 aromatic carbocycles. The summed E-state index contributed by atoms with van der Waals surface area (Å²) in [6.45, 7) is 2.06. The van der Waals surface area contributed by atoms with Crippen molar-refractivity contribution in [2.24, 2.45) is 0 Å². The van der Waals surface area contributed by atoms with Crippen LogP contribution in [0, 0.1) is 6.92 Å². The van der Waals surface area contributed by atoms with Crippen LogP contribution in [0.4, 0.5) is 0 Å². The van der Waals surface area contributed by atoms with E-state index in [1.165, 1.54) is 22.0 Å². The van der Waals surface area contributed by atoms with Crippen LogP contribution in [0.5, 0.6) is 0 Å². The Morgan fingerprint density at radius 3 is 2.85 bits per heavy atom. The van der Waals surface area contributed by atoms with Gasteiger partial charge < -0.3 is 0 Å². The van der Waals surface area contributed by atoms with Crippen LogP contribution in [0.15, 0.2) is 30.5 Å². The van der Waals surface area contributed by atoms with Crippen molar-refractivity contribution in [3.8, 4) is 10.4 Å². The zero-order valence-corrected chi connectivity index (χ0v) is 8.69. The Bertz CT molecular complexity index is 422. The normalized spacial score (nSPS) is 10.3. The average molecular weight is 210 g/mol. The predicted molar refractivity (Wildman–Crippen MR) is 57.3 cm³/mol. The number of benzene rings is 1. The van der Waals surface area contributed by atoms with Gasteiger partial charge in [-0.25, -0.2) is 4.37 Å². The van der Waals surface area contributed by atoms with Crippen molar-refractivity contribution in [2.75, 3.05) is 0 Å². The van der Waals surface area contributed by atoms with E-state index in [1.807, 2.05) is 30.5 Å². The number of halogens is 1. The first-order valence-corrected chi connectivity index (χ1v) is 5.10. The lowest BCUT2D eigenvalue weighted by atomic mass is 10.1. The Labute approximate surface area is 86.2 Å². The fourth-order valence-electron chi connectivity index (χ4n) is 1.20. The molecule has 0 atom stereocenters. The molecule has 0 amide bonds. The molecule has 13 heavy (non-hydrogen) atoms. The fraction of sp³-hybridized carbons (Fsp3) is 0.100. The third kappa shape index (κ3) is 1.74. The monoisotopic (exact) mass is 209 g/mol. The number of aromatic nitrogens is 1. The van der Waals surface area contributed by atoms with Crippen LogP contribution in [0.1, 0.15) is 5.56 Å². The predicted octanol–water partition coefficient (Wildman–Crippen LogP) is 3.77. The van der Waals surface area contributed by atoms with Gasteiger partial charge in [-0.15, -0.1) is 0 Å². The lowest BCUT2D eigenvalue weighted by Gasteiger charge is -1.98. The lowest BCUT2D eigenvalue weighted by Crippen LogP contribution is -1.74. The first kappa shape index (κ1) is 8.73. The molecular formula is C10H8ClNS. The Morgan fingerprint density at radius 2 is 2.23 bits per heavy atom. The topological polar surface area (TPSA) is 12.9 Å². The van der Waals surface area contributed by atoms with Crippen LogP contribution in [0.3, 0.4) is 0 Å². The summed E-state index contributed by atoms with van der Waals surface area (Å²) >= 11 is 7.40. The van der Waals surface area contributed by atoms with Crippen molar-refractivity contribution >= 4 is 23.1 Å². The van der Waals surface area contributed by atoms with Gasteiger partial charge in [-0.1, -0.05) is 23.7 Å². The summed E-state index contributed by atoms with van der Waals surface area (Å²) in [6.07, 6.45) is 1.88. The van der Waals surface area contributed by atoms with E-state index in [0.717, 1.165) is 10.6 Å². The zero-order valence-electron chi connectivity index (χ0n) is 7.12. The molecule has 1 nitrogen and oxygen atoms in total. The Hall–Kier alpha value is -0.860. The average Bonchev–Trinajstić information content (AvgIpc) is 2.51. The van der Waals surface area contributed by atoms with E-state index in [1.54, 1.807) is 0 Å². The molecule has 3 heteroatoms. The van der Waals surface area contributed by atoms with Gasteiger partial charge in [0.1, 0.15) is 0 Å². The Balaban J connectivity index is 2.53. The van der Waals surface area contributed by atoms with Gasteiger partial charge in [-0.2, -0.15) is 0 Å². The highest BCUT2D eigenvalue weighted by Gasteiger charge is 2.03. The van der Waals surface area contributed by atoms with Crippen LogP contribution in [0.2, 0.25) is 5.02 Å². The second kappa shape index (κ2) is 3.48. The van der Waals surface area contributed by atoms with Crippen molar-refractivity contribution in [3.05, 3.63) is 41.0 Å². The summed E-state index contributed by atoms with van der Waals surface area (Å²) in [7, 11) is 0. The van der Waals surface area contributed by atoms with Gasteiger partial charge in [0.2, 0.25) is 0 Å². The SMILES string of the molecule is Cc1cnsc1-c1cccc(Cl)c1. The molecule has 2 aromatic rings. The highest BCUT2D eigenvalue weighted by atomic mass is 35.5. The van der Waals surface area contributed by atoms with Gasteiger partial charge in [-0.05, 0) is 41.7 Å². The maximum Gasteiger partial charge on any atom is 0.0579 e. The number of rotatable bonds is 1. The standard InChI is InChI=1S/C10H8ClNS/c1-7-6-12-13-10(7)8-3-2-4-9(11)5-8/h2-6H,1H3. The summed E-state index contributed by atoms with van der Waals surface area (Å²) < 4.78 is 4.13. The Kier molecular flexibility index (Phi) is 2.34. The molecule has 2 rings (SSSR count). The molecule has 0 N–H and O–H groups in total. The third-order valence-corrected chi connectivity index (χ3v) is 3.02. The largest absolute Gasteiger partial charge is 0.200 e. The molecule has 0 bridgehead atoms. The summed E-state index contributed by atoms with van der Waals surface area (Å²) in [4.78, 5) is 1.20. The van der Waals surface area contributed by atoms with E-state index in [9.17, 15) is 0 Å². The second-order valence-corrected chi connectivity index (χ2v) is 4.09. The summed E-state index contributed by atoms with van der Waals surface area (Å²) in [5.41, 5.74) is 2.35. The maximum absolute atomic E-state index is 5.90. The van der Waals surface area contributed by atoms with E-state index >= 15 is 0 Å². The van der Waals surface area contributed by atoms with E-state index in [0.29, 0.717) is 0 Å². The van der Waals surface area contributed by atoms with Crippen molar-refractivity contribution in [2.45, 2.75) is 6.92 Å². The van der Waals surface area contributed by atoms with Gasteiger partial charge in [0.05, 0.1) is 4.88 Å². The highest BCUT2D eigenvalue weighted by molar-refractivity contribution is 7.09. The molecule has 0 saturated heterocycles. The van der Waals surface area contributed by atoms with Gasteiger partial charge in [0.25, 0.3) is 0 Å². The molecular weight excluding hydrogens is 202 g/mol. The van der Waals surface area contributed by atoms with Gasteiger partial charge in [-0.3, -0.25) is 0 Å². The molecule has 0 aliphatic heterocycles. The zero-order chi connectivity index (χ0) is 9.26. The minimum Gasteiger partial charge on any atom is -0.200 e. The molecule has 0 spiro atoms. The summed E-state index contributed by atoms with van der Waals surface area (Å²) in [6, 6.07) is 7.84. The quantitative estimate of drug-likeness (QED) is 0.697. The van der Waals surface area contributed by atoms with E-state index in [2.05, 4.69) is 11.3 Å².